The number of aliphatic hydroxyl groups is 1. The first-order valence-corrected chi connectivity index (χ1v) is 5.87. The average Bonchev–Trinajstić information content (AvgIpc) is 2.33. The summed E-state index contributed by atoms with van der Waals surface area (Å²) in [5.74, 6) is -0.839. The van der Waals surface area contributed by atoms with E-state index in [0.29, 0.717) is 0 Å². The van der Waals surface area contributed by atoms with Crippen LogP contribution >= 0.6 is 0 Å². The minimum atomic E-state index is -0.572. The summed E-state index contributed by atoms with van der Waals surface area (Å²) >= 11 is 0. The number of halogens is 1. The second-order valence-corrected chi connectivity index (χ2v) is 4.60. The summed E-state index contributed by atoms with van der Waals surface area (Å²) < 4.78 is 18.3. The normalized spacial score (nSPS) is 16.8. The number of amides is 1. The van der Waals surface area contributed by atoms with Crippen LogP contribution < -0.4 is 10.1 Å². The molecule has 1 aliphatic rings. The maximum Gasteiger partial charge on any atom is 0.251 e. The van der Waals surface area contributed by atoms with Crippen molar-refractivity contribution >= 4 is 5.91 Å². The second kappa shape index (κ2) is 4.94. The van der Waals surface area contributed by atoms with E-state index >= 15 is 0 Å². The van der Waals surface area contributed by atoms with Crippen LogP contribution in [-0.4, -0.2) is 30.3 Å². The maximum atomic E-state index is 13.5. The third-order valence-corrected chi connectivity index (χ3v) is 3.41. The van der Waals surface area contributed by atoms with Crippen LogP contribution in [0.3, 0.4) is 0 Å². The van der Waals surface area contributed by atoms with Crippen molar-refractivity contribution in [2.24, 2.45) is 0 Å². The molecule has 2 N–H and O–H groups in total. The fourth-order valence-electron chi connectivity index (χ4n) is 2.05. The number of benzene rings is 1. The molecular weight excluding hydrogens is 237 g/mol. The van der Waals surface area contributed by atoms with Gasteiger partial charge in [0.2, 0.25) is 0 Å². The minimum Gasteiger partial charge on any atom is -0.494 e. The molecule has 2 rings (SSSR count). The van der Waals surface area contributed by atoms with Crippen molar-refractivity contribution in [3.8, 4) is 5.75 Å². The predicted molar refractivity (Wildman–Crippen MR) is 64.1 cm³/mol. The number of ether oxygens (including phenoxy) is 1. The molecule has 0 aromatic heterocycles. The van der Waals surface area contributed by atoms with Gasteiger partial charge < -0.3 is 15.2 Å². The zero-order valence-electron chi connectivity index (χ0n) is 10.2. The molecule has 0 bridgehead atoms. The van der Waals surface area contributed by atoms with Gasteiger partial charge in [0.05, 0.1) is 19.3 Å². The second-order valence-electron chi connectivity index (χ2n) is 4.60. The average molecular weight is 253 g/mol. The van der Waals surface area contributed by atoms with Crippen LogP contribution in [0.1, 0.15) is 29.6 Å². The molecule has 1 aliphatic carbocycles. The Morgan fingerprint density at radius 3 is 2.72 bits per heavy atom. The van der Waals surface area contributed by atoms with Crippen LogP contribution in [0.25, 0.3) is 0 Å². The van der Waals surface area contributed by atoms with Gasteiger partial charge >= 0.3 is 0 Å². The third-order valence-electron chi connectivity index (χ3n) is 3.41. The van der Waals surface area contributed by atoms with Gasteiger partial charge in [0, 0.05) is 5.56 Å². The predicted octanol–water partition coefficient (Wildman–Crippen LogP) is 1.48. The fraction of sp³-hybridized carbons (Fsp3) is 0.462. The van der Waals surface area contributed by atoms with Gasteiger partial charge in [0.1, 0.15) is 0 Å². The third kappa shape index (κ3) is 2.31. The van der Waals surface area contributed by atoms with Crippen LogP contribution in [0.15, 0.2) is 18.2 Å². The number of hydrogen-bond donors (Lipinski definition) is 2. The van der Waals surface area contributed by atoms with E-state index in [-0.39, 0.29) is 23.8 Å². The van der Waals surface area contributed by atoms with E-state index in [1.165, 1.54) is 19.2 Å². The first-order valence-electron chi connectivity index (χ1n) is 5.87. The largest absolute Gasteiger partial charge is 0.494 e. The molecule has 1 fully saturated rings. The van der Waals surface area contributed by atoms with Gasteiger partial charge in [0.25, 0.3) is 5.91 Å². The zero-order chi connectivity index (χ0) is 13.2. The standard InChI is InChI=1S/C13H16FNO3/c1-18-11-4-3-9(7-10(11)14)12(17)15-13(8-16)5-2-6-13/h3-4,7,16H,2,5-6,8H2,1H3,(H,15,17). The smallest absolute Gasteiger partial charge is 0.251 e. The Bertz CT molecular complexity index is 452. The summed E-state index contributed by atoms with van der Waals surface area (Å²) in [5.41, 5.74) is -0.291. The van der Waals surface area contributed by atoms with E-state index in [1.807, 2.05) is 0 Å². The SMILES string of the molecule is COc1ccc(C(=O)NC2(CO)CCC2)cc1F. The van der Waals surface area contributed by atoms with E-state index in [0.717, 1.165) is 25.3 Å². The van der Waals surface area contributed by atoms with Crippen LogP contribution in [0.2, 0.25) is 0 Å². The van der Waals surface area contributed by atoms with Crippen LogP contribution in [0, 0.1) is 5.82 Å². The Morgan fingerprint density at radius 1 is 1.56 bits per heavy atom. The number of rotatable bonds is 4. The highest BCUT2D eigenvalue weighted by molar-refractivity contribution is 5.95. The van der Waals surface area contributed by atoms with Gasteiger partial charge in [-0.25, -0.2) is 4.39 Å². The Kier molecular flexibility index (Phi) is 3.52. The Hall–Kier alpha value is -1.62. The summed E-state index contributed by atoms with van der Waals surface area (Å²) in [6.45, 7) is -0.0859. The highest BCUT2D eigenvalue weighted by Gasteiger charge is 2.37. The lowest BCUT2D eigenvalue weighted by Gasteiger charge is -2.40. The molecule has 0 radical (unpaired) electrons. The highest BCUT2D eigenvalue weighted by Crippen LogP contribution is 2.31. The quantitative estimate of drug-likeness (QED) is 0.854. The number of hydrogen-bond acceptors (Lipinski definition) is 3. The molecule has 0 atom stereocenters. The molecule has 0 aliphatic heterocycles. The van der Waals surface area contributed by atoms with E-state index in [4.69, 9.17) is 4.74 Å². The lowest BCUT2D eigenvalue weighted by molar-refractivity contribution is 0.0641. The van der Waals surface area contributed by atoms with Crippen LogP contribution in [-0.2, 0) is 0 Å². The lowest BCUT2D eigenvalue weighted by atomic mass is 9.77. The Morgan fingerprint density at radius 2 is 2.28 bits per heavy atom. The van der Waals surface area contributed by atoms with Gasteiger partial charge in [-0.1, -0.05) is 0 Å². The van der Waals surface area contributed by atoms with Crippen molar-refractivity contribution in [1.82, 2.24) is 5.32 Å². The molecule has 4 nitrogen and oxygen atoms in total. The number of aliphatic hydroxyl groups excluding tert-OH is 1. The number of methoxy groups -OCH3 is 1. The molecule has 1 aromatic rings. The topological polar surface area (TPSA) is 58.6 Å². The van der Waals surface area contributed by atoms with Gasteiger partial charge in [-0.3, -0.25) is 4.79 Å². The first kappa shape index (κ1) is 12.8. The molecule has 0 heterocycles. The molecule has 0 unspecified atom stereocenters. The fourth-order valence-corrected chi connectivity index (χ4v) is 2.05. The van der Waals surface area contributed by atoms with Crippen LogP contribution in [0.4, 0.5) is 4.39 Å². The molecule has 98 valence electrons. The van der Waals surface area contributed by atoms with Gasteiger partial charge in [0.15, 0.2) is 11.6 Å². The lowest BCUT2D eigenvalue weighted by Crippen LogP contribution is -2.56. The highest BCUT2D eigenvalue weighted by atomic mass is 19.1. The minimum absolute atomic E-state index is 0.0859. The van der Waals surface area contributed by atoms with Crippen LogP contribution in [0.5, 0.6) is 5.75 Å². The van der Waals surface area contributed by atoms with Crippen molar-refractivity contribution in [3.05, 3.63) is 29.6 Å². The summed E-state index contributed by atoms with van der Waals surface area (Å²) in [7, 11) is 1.37. The summed E-state index contributed by atoms with van der Waals surface area (Å²) in [6, 6.07) is 4.05. The Balaban J connectivity index is 2.11. The maximum absolute atomic E-state index is 13.5. The summed E-state index contributed by atoms with van der Waals surface area (Å²) in [4.78, 5) is 11.9. The molecular formula is C13H16FNO3. The molecule has 1 aromatic carbocycles. The van der Waals surface area contributed by atoms with Crippen molar-refractivity contribution < 1.29 is 19.0 Å². The number of carbonyl (C=O) groups is 1. The van der Waals surface area contributed by atoms with Gasteiger partial charge in [-0.2, -0.15) is 0 Å². The summed E-state index contributed by atoms with van der Waals surface area (Å²) in [5, 5.41) is 12.0. The molecule has 5 heteroatoms. The molecule has 0 saturated heterocycles. The van der Waals surface area contributed by atoms with Gasteiger partial charge in [-0.05, 0) is 37.5 Å². The zero-order valence-corrected chi connectivity index (χ0v) is 10.2. The van der Waals surface area contributed by atoms with E-state index < -0.39 is 11.4 Å². The molecule has 18 heavy (non-hydrogen) atoms. The summed E-state index contributed by atoms with van der Waals surface area (Å²) in [6.07, 6.45) is 2.50. The van der Waals surface area contributed by atoms with Crippen molar-refractivity contribution in [3.63, 3.8) is 0 Å². The van der Waals surface area contributed by atoms with Gasteiger partial charge in [-0.15, -0.1) is 0 Å². The number of carbonyl (C=O) groups excluding carboxylic acids is 1. The van der Waals surface area contributed by atoms with E-state index in [9.17, 15) is 14.3 Å². The molecule has 1 amide bonds. The number of nitrogens with one attached hydrogen (secondary N) is 1. The van der Waals surface area contributed by atoms with Crippen molar-refractivity contribution in [1.29, 1.82) is 0 Å². The molecule has 0 spiro atoms. The van der Waals surface area contributed by atoms with E-state index in [1.54, 1.807) is 0 Å². The Labute approximate surface area is 105 Å². The molecule has 1 saturated carbocycles. The van der Waals surface area contributed by atoms with E-state index in [2.05, 4.69) is 5.32 Å². The van der Waals surface area contributed by atoms with Crippen molar-refractivity contribution in [2.75, 3.05) is 13.7 Å². The first-order chi connectivity index (χ1) is 8.60. The monoisotopic (exact) mass is 253 g/mol. The van der Waals surface area contributed by atoms with Crippen molar-refractivity contribution in [2.45, 2.75) is 24.8 Å².